The first-order chi connectivity index (χ1) is 26.0. The standard InChI is InChI=1S/C42H45ClFN5O5/c1-42(2,3)54-41(50)48-20-26-18-33(48)38(26)49-21-32(43)35-39(49)31-17-25(11-8-14-45)34(30-19-28(53-23-51-5)16-24-10-6-7-13-29(24)30)36(44)37(31)46-40(35)52-22-27-12-9-15-47(27)4/h6-7,10,13,16-17,19,21,26-27,33,38H,8-9,11-12,15,18,20,22-23H2,1-5H3/t26?,27-,33?,38?/m0/s1. The molecule has 3 unspecified atom stereocenters. The van der Waals surface area contributed by atoms with Crippen LogP contribution in [0.4, 0.5) is 9.18 Å². The van der Waals surface area contributed by atoms with Crippen molar-refractivity contribution in [2.24, 2.45) is 5.92 Å². The van der Waals surface area contributed by atoms with E-state index in [4.69, 9.17) is 35.5 Å². The van der Waals surface area contributed by atoms with E-state index in [1.165, 1.54) is 0 Å². The first-order valence-corrected chi connectivity index (χ1v) is 19.0. The number of aromatic nitrogens is 2. The first kappa shape index (κ1) is 36.4. The number of fused-ring (bicyclic) bond motifs is 5. The van der Waals surface area contributed by atoms with Crippen LogP contribution in [0.2, 0.25) is 5.02 Å². The summed E-state index contributed by atoms with van der Waals surface area (Å²) < 4.78 is 43.3. The number of hydrogen-bond acceptors (Lipinski definition) is 8. The lowest BCUT2D eigenvalue weighted by Gasteiger charge is -2.38. The third-order valence-electron chi connectivity index (χ3n) is 11.2. The van der Waals surface area contributed by atoms with E-state index in [-0.39, 0.29) is 54.7 Å². The number of nitriles is 1. The van der Waals surface area contributed by atoms with Crippen molar-refractivity contribution in [3.63, 3.8) is 0 Å². The number of ether oxygens (including phenoxy) is 4. The smallest absolute Gasteiger partial charge is 0.410 e. The summed E-state index contributed by atoms with van der Waals surface area (Å²) in [5, 5.41) is 13.1. The van der Waals surface area contributed by atoms with E-state index >= 15 is 4.39 Å². The topological polar surface area (TPSA) is 102 Å². The molecule has 1 aliphatic carbocycles. The van der Waals surface area contributed by atoms with Crippen molar-refractivity contribution < 1.29 is 28.1 Å². The van der Waals surface area contributed by atoms with E-state index in [0.29, 0.717) is 63.3 Å². The molecule has 0 N–H and O–H groups in total. The maximum atomic E-state index is 17.8. The molecular weight excluding hydrogens is 709 g/mol. The largest absolute Gasteiger partial charge is 0.475 e. The molecule has 0 spiro atoms. The number of methoxy groups -OCH3 is 1. The van der Waals surface area contributed by atoms with Gasteiger partial charge in [0.2, 0.25) is 5.88 Å². The molecule has 12 heteroatoms. The zero-order valence-electron chi connectivity index (χ0n) is 31.3. The lowest BCUT2D eigenvalue weighted by molar-refractivity contribution is 0.0211. The van der Waals surface area contributed by atoms with Crippen LogP contribution in [-0.2, 0) is 15.9 Å². The molecule has 4 fully saturated rings. The summed E-state index contributed by atoms with van der Waals surface area (Å²) in [5.74, 6) is 0.446. The molecule has 5 heterocycles. The van der Waals surface area contributed by atoms with Gasteiger partial charge in [0.1, 0.15) is 23.5 Å². The summed E-state index contributed by atoms with van der Waals surface area (Å²) >= 11 is 7.13. The van der Waals surface area contributed by atoms with Gasteiger partial charge >= 0.3 is 6.09 Å². The number of carbonyl (C=O) groups excluding carboxylic acids is 1. The van der Waals surface area contributed by atoms with Crippen LogP contribution >= 0.6 is 11.6 Å². The van der Waals surface area contributed by atoms with Gasteiger partial charge in [-0.2, -0.15) is 5.26 Å². The summed E-state index contributed by atoms with van der Waals surface area (Å²) in [6.07, 6.45) is 4.93. The second kappa shape index (κ2) is 14.2. The summed E-state index contributed by atoms with van der Waals surface area (Å²) in [6.45, 7) is 7.55. The molecule has 10 nitrogen and oxygen atoms in total. The van der Waals surface area contributed by atoms with E-state index in [1.54, 1.807) is 7.11 Å². The van der Waals surface area contributed by atoms with E-state index in [9.17, 15) is 10.1 Å². The number of amides is 1. The summed E-state index contributed by atoms with van der Waals surface area (Å²) in [5.41, 5.74) is 1.87. The van der Waals surface area contributed by atoms with Crippen molar-refractivity contribution in [3.8, 4) is 28.8 Å². The molecule has 1 saturated carbocycles. The Kier molecular flexibility index (Phi) is 9.57. The predicted molar refractivity (Wildman–Crippen MR) is 207 cm³/mol. The molecule has 54 heavy (non-hydrogen) atoms. The SMILES string of the molecule is COCOc1cc(-c2c(CCC#N)cc3c(nc(OC[C@@H]4CCCN4C)c4c(Cl)cn(C5C6CC5N(C(=O)OC(C)(C)C)C6)c43)c2F)c2ccccc2c1. The Labute approximate surface area is 319 Å². The average Bonchev–Trinajstić information content (AvgIpc) is 3.92. The van der Waals surface area contributed by atoms with Gasteiger partial charge in [-0.25, -0.2) is 14.2 Å². The van der Waals surface area contributed by atoms with Crippen molar-refractivity contribution in [3.05, 3.63) is 65.1 Å². The molecule has 282 valence electrons. The lowest BCUT2D eigenvalue weighted by Crippen LogP contribution is -2.44. The second-order valence-electron chi connectivity index (χ2n) is 15.8. The maximum absolute atomic E-state index is 17.8. The Bertz CT molecular complexity index is 2320. The van der Waals surface area contributed by atoms with Crippen LogP contribution in [0.5, 0.6) is 11.6 Å². The first-order valence-electron chi connectivity index (χ1n) is 18.7. The molecule has 2 bridgehead atoms. The van der Waals surface area contributed by atoms with Crippen LogP contribution in [0.15, 0.2) is 48.7 Å². The van der Waals surface area contributed by atoms with Gasteiger partial charge in [-0.1, -0.05) is 35.9 Å². The number of likely N-dealkylation sites (tertiary alicyclic amines) is 1. The van der Waals surface area contributed by atoms with Gasteiger partial charge in [-0.05, 0) is 100 Å². The normalized spacial score (nSPS) is 21.2. The molecule has 5 aromatic rings. The second-order valence-corrected chi connectivity index (χ2v) is 16.2. The Hall–Kier alpha value is -4.63. The predicted octanol–water partition coefficient (Wildman–Crippen LogP) is 8.89. The number of likely N-dealkylation sites (N-methyl/N-ethyl adjacent to an activating group) is 1. The number of carbonyl (C=O) groups is 1. The third-order valence-corrected chi connectivity index (χ3v) is 11.5. The Morgan fingerprint density at radius 3 is 2.70 bits per heavy atom. The number of rotatable bonds is 10. The fourth-order valence-electron chi connectivity index (χ4n) is 8.73. The molecule has 0 radical (unpaired) electrons. The number of halogens is 2. The van der Waals surface area contributed by atoms with Gasteiger partial charge in [-0.3, -0.25) is 0 Å². The monoisotopic (exact) mass is 753 g/mol. The van der Waals surface area contributed by atoms with Gasteiger partial charge in [0.15, 0.2) is 12.6 Å². The van der Waals surface area contributed by atoms with Crippen molar-refractivity contribution >= 4 is 50.3 Å². The van der Waals surface area contributed by atoms with Crippen molar-refractivity contribution in [2.75, 3.05) is 40.6 Å². The van der Waals surface area contributed by atoms with Crippen molar-refractivity contribution in [2.45, 2.75) is 76.6 Å². The minimum atomic E-state index is -0.625. The summed E-state index contributed by atoms with van der Waals surface area (Å²) in [4.78, 5) is 22.4. The molecule has 4 atom stereocenters. The number of nitrogens with zero attached hydrogens (tertiary/aromatic N) is 5. The fraction of sp³-hybridized carbons (Fsp3) is 0.452. The molecular formula is C42H45ClFN5O5. The van der Waals surface area contributed by atoms with Crippen LogP contribution < -0.4 is 9.47 Å². The highest BCUT2D eigenvalue weighted by molar-refractivity contribution is 6.37. The highest BCUT2D eigenvalue weighted by Crippen LogP contribution is 2.53. The van der Waals surface area contributed by atoms with Crippen LogP contribution in [0.1, 0.15) is 58.1 Å². The van der Waals surface area contributed by atoms with Gasteiger partial charge in [-0.15, -0.1) is 0 Å². The van der Waals surface area contributed by atoms with E-state index < -0.39 is 11.4 Å². The Morgan fingerprint density at radius 1 is 1.15 bits per heavy atom. The van der Waals surface area contributed by atoms with Crippen LogP contribution in [-0.4, -0.2) is 83.8 Å². The van der Waals surface area contributed by atoms with Gasteiger partial charge in [0.05, 0.1) is 34.1 Å². The molecule has 1 amide bonds. The number of aryl methyl sites for hydroxylation is 1. The quantitative estimate of drug-likeness (QED) is 0.130. The highest BCUT2D eigenvalue weighted by Gasteiger charge is 2.56. The van der Waals surface area contributed by atoms with Gasteiger partial charge < -0.3 is 33.3 Å². The lowest BCUT2D eigenvalue weighted by atomic mass is 9.79. The van der Waals surface area contributed by atoms with Crippen molar-refractivity contribution in [1.82, 2.24) is 19.4 Å². The molecule has 3 aliphatic heterocycles. The maximum Gasteiger partial charge on any atom is 0.410 e. The number of benzene rings is 3. The Morgan fingerprint density at radius 2 is 1.96 bits per heavy atom. The number of hydrogen-bond donors (Lipinski definition) is 0. The van der Waals surface area contributed by atoms with E-state index in [1.807, 2.05) is 74.3 Å². The molecule has 3 saturated heterocycles. The molecule has 4 aliphatic rings. The minimum Gasteiger partial charge on any atom is -0.475 e. The highest BCUT2D eigenvalue weighted by atomic mass is 35.5. The Balaban J connectivity index is 1.35. The number of pyridine rings is 1. The van der Waals surface area contributed by atoms with Crippen LogP contribution in [0.3, 0.4) is 0 Å². The summed E-state index contributed by atoms with van der Waals surface area (Å²) in [6, 6.07) is 15.7. The van der Waals surface area contributed by atoms with Crippen LogP contribution in [0, 0.1) is 23.1 Å². The van der Waals surface area contributed by atoms with E-state index in [2.05, 4.69) is 22.6 Å². The molecule has 9 rings (SSSR count). The third kappa shape index (κ3) is 6.38. The van der Waals surface area contributed by atoms with Gasteiger partial charge in [0, 0.05) is 49.2 Å². The molecule has 2 aromatic heterocycles. The molecule has 3 aromatic carbocycles. The fourth-order valence-corrected chi connectivity index (χ4v) is 9.00. The van der Waals surface area contributed by atoms with E-state index in [0.717, 1.165) is 36.6 Å². The van der Waals surface area contributed by atoms with Crippen LogP contribution in [0.25, 0.3) is 43.7 Å². The minimum absolute atomic E-state index is 0.0297. The van der Waals surface area contributed by atoms with Crippen molar-refractivity contribution in [1.29, 1.82) is 5.26 Å². The summed E-state index contributed by atoms with van der Waals surface area (Å²) in [7, 11) is 3.63. The zero-order valence-corrected chi connectivity index (χ0v) is 32.1. The zero-order chi connectivity index (χ0) is 37.9. The van der Waals surface area contributed by atoms with Gasteiger partial charge in [0.25, 0.3) is 0 Å². The average molecular weight is 754 g/mol.